The van der Waals surface area contributed by atoms with Crippen LogP contribution in [0.15, 0.2) is 24.3 Å². The highest BCUT2D eigenvalue weighted by Gasteiger charge is 2.20. The zero-order valence-electron chi connectivity index (χ0n) is 11.4. The number of fused-ring (bicyclic) bond motifs is 1. The summed E-state index contributed by atoms with van der Waals surface area (Å²) in [7, 11) is 1.61. The van der Waals surface area contributed by atoms with Gasteiger partial charge in [0.15, 0.2) is 0 Å². The summed E-state index contributed by atoms with van der Waals surface area (Å²) in [6.07, 6.45) is 4.14. The number of hydrogen-bond donors (Lipinski definition) is 1. The number of thiophene rings is 1. The average molecular weight is 309 g/mol. The van der Waals surface area contributed by atoms with Gasteiger partial charge >= 0.3 is 0 Å². The first-order chi connectivity index (χ1) is 9.69. The van der Waals surface area contributed by atoms with Gasteiger partial charge in [-0.2, -0.15) is 0 Å². The van der Waals surface area contributed by atoms with Crippen molar-refractivity contribution in [1.29, 1.82) is 0 Å². The molecule has 1 atom stereocenters. The molecule has 0 bridgehead atoms. The predicted octanol–water partition coefficient (Wildman–Crippen LogP) is 4.37. The summed E-state index contributed by atoms with van der Waals surface area (Å²) in [6, 6.07) is 7.56. The maximum atomic E-state index is 10.6. The second kappa shape index (κ2) is 5.76. The first-order valence-electron chi connectivity index (χ1n) is 6.82. The molecule has 0 aliphatic heterocycles. The van der Waals surface area contributed by atoms with E-state index in [9.17, 15) is 5.11 Å². The van der Waals surface area contributed by atoms with Gasteiger partial charge in [-0.05, 0) is 49.4 Å². The lowest BCUT2D eigenvalue weighted by Crippen LogP contribution is -1.98. The summed E-state index contributed by atoms with van der Waals surface area (Å²) < 4.78 is 5.14. The Morgan fingerprint density at radius 1 is 1.25 bits per heavy atom. The molecule has 1 heterocycles. The normalized spacial score (nSPS) is 15.8. The number of hydrogen-bond acceptors (Lipinski definition) is 3. The van der Waals surface area contributed by atoms with E-state index in [1.165, 1.54) is 23.3 Å². The van der Waals surface area contributed by atoms with Gasteiger partial charge in [0.25, 0.3) is 0 Å². The third kappa shape index (κ3) is 2.58. The molecule has 0 saturated heterocycles. The maximum Gasteiger partial charge on any atom is 0.120 e. The lowest BCUT2D eigenvalue weighted by Gasteiger charge is -2.12. The Hall–Kier alpha value is -1.03. The van der Waals surface area contributed by atoms with Crippen LogP contribution in [0, 0.1) is 0 Å². The Balaban J connectivity index is 1.92. The Morgan fingerprint density at radius 2 is 2.05 bits per heavy atom. The number of aliphatic hydroxyl groups is 1. The van der Waals surface area contributed by atoms with Gasteiger partial charge in [0.1, 0.15) is 11.9 Å². The maximum absolute atomic E-state index is 10.6. The van der Waals surface area contributed by atoms with Crippen molar-refractivity contribution in [3.05, 3.63) is 50.2 Å². The quantitative estimate of drug-likeness (QED) is 0.912. The molecule has 1 aliphatic carbocycles. The number of aryl methyl sites for hydroxylation is 2. The van der Waals surface area contributed by atoms with E-state index in [1.54, 1.807) is 24.5 Å². The van der Waals surface area contributed by atoms with Crippen LogP contribution in [0.5, 0.6) is 5.75 Å². The van der Waals surface area contributed by atoms with E-state index in [-0.39, 0.29) is 0 Å². The van der Waals surface area contributed by atoms with Crippen molar-refractivity contribution in [2.45, 2.75) is 31.8 Å². The van der Waals surface area contributed by atoms with Crippen LogP contribution in [-0.4, -0.2) is 12.2 Å². The van der Waals surface area contributed by atoms with Crippen LogP contribution >= 0.6 is 22.9 Å². The van der Waals surface area contributed by atoms with E-state index in [2.05, 4.69) is 6.07 Å². The van der Waals surface area contributed by atoms with Gasteiger partial charge in [0, 0.05) is 15.3 Å². The molecule has 0 spiro atoms. The Kier molecular flexibility index (Phi) is 4.01. The lowest BCUT2D eigenvalue weighted by atomic mass is 9.98. The molecule has 2 nitrogen and oxygen atoms in total. The number of aliphatic hydroxyl groups excluding tert-OH is 1. The molecule has 20 heavy (non-hydrogen) atoms. The summed E-state index contributed by atoms with van der Waals surface area (Å²) >= 11 is 7.96. The zero-order chi connectivity index (χ0) is 14.1. The van der Waals surface area contributed by atoms with E-state index in [1.807, 2.05) is 12.1 Å². The van der Waals surface area contributed by atoms with Gasteiger partial charge in [0.05, 0.1) is 12.1 Å². The number of methoxy groups -OCH3 is 1. The molecule has 1 aliphatic rings. The van der Waals surface area contributed by atoms with Crippen LogP contribution < -0.4 is 4.74 Å². The first kappa shape index (κ1) is 13.9. The van der Waals surface area contributed by atoms with Crippen LogP contribution in [0.4, 0.5) is 0 Å². The van der Waals surface area contributed by atoms with E-state index < -0.39 is 6.10 Å². The van der Waals surface area contributed by atoms with E-state index in [0.29, 0.717) is 10.8 Å². The minimum absolute atomic E-state index is 0.545. The van der Waals surface area contributed by atoms with Crippen molar-refractivity contribution in [1.82, 2.24) is 0 Å². The van der Waals surface area contributed by atoms with Gasteiger partial charge in [0.2, 0.25) is 0 Å². The Labute approximate surface area is 128 Å². The zero-order valence-corrected chi connectivity index (χ0v) is 12.9. The average Bonchev–Trinajstić information content (AvgIpc) is 2.90. The van der Waals surface area contributed by atoms with Crippen LogP contribution in [0.2, 0.25) is 5.02 Å². The second-order valence-electron chi connectivity index (χ2n) is 5.09. The van der Waals surface area contributed by atoms with Gasteiger partial charge in [-0.25, -0.2) is 0 Å². The van der Waals surface area contributed by atoms with Crippen LogP contribution in [0.25, 0.3) is 0 Å². The largest absolute Gasteiger partial charge is 0.497 e. The molecule has 1 aromatic heterocycles. The molecular formula is C16H17ClO2S. The van der Waals surface area contributed by atoms with Gasteiger partial charge in [-0.15, -0.1) is 11.3 Å². The molecule has 106 valence electrons. The standard InChI is InChI=1S/C16H17ClO2S/c1-19-11-6-7-12(13(17)9-11)16(18)15-8-10-4-2-3-5-14(10)20-15/h6-9,16,18H,2-5H2,1H3. The third-order valence-electron chi connectivity index (χ3n) is 3.79. The lowest BCUT2D eigenvalue weighted by molar-refractivity contribution is 0.224. The SMILES string of the molecule is COc1ccc(C(O)c2cc3c(s2)CCCC3)c(Cl)c1. The Bertz CT molecular complexity index is 597. The van der Waals surface area contributed by atoms with Gasteiger partial charge < -0.3 is 9.84 Å². The second-order valence-corrected chi connectivity index (χ2v) is 6.67. The van der Waals surface area contributed by atoms with E-state index in [0.717, 1.165) is 23.3 Å². The van der Waals surface area contributed by atoms with Gasteiger partial charge in [-0.3, -0.25) is 0 Å². The number of benzene rings is 1. The van der Waals surface area contributed by atoms with Crippen LogP contribution in [-0.2, 0) is 12.8 Å². The molecule has 0 fully saturated rings. The molecule has 1 aromatic carbocycles. The highest BCUT2D eigenvalue weighted by molar-refractivity contribution is 7.12. The summed E-state index contributed by atoms with van der Waals surface area (Å²) in [6.45, 7) is 0. The fourth-order valence-electron chi connectivity index (χ4n) is 2.66. The van der Waals surface area contributed by atoms with Crippen molar-refractivity contribution >= 4 is 22.9 Å². The fraction of sp³-hybridized carbons (Fsp3) is 0.375. The van der Waals surface area contributed by atoms with Crippen molar-refractivity contribution in [3.63, 3.8) is 0 Å². The summed E-state index contributed by atoms with van der Waals surface area (Å²) in [5.74, 6) is 0.705. The van der Waals surface area contributed by atoms with Crippen molar-refractivity contribution < 1.29 is 9.84 Å². The summed E-state index contributed by atoms with van der Waals surface area (Å²) in [5, 5.41) is 11.1. The van der Waals surface area contributed by atoms with E-state index in [4.69, 9.17) is 16.3 Å². The number of halogens is 1. The molecule has 0 saturated carbocycles. The molecule has 4 heteroatoms. The predicted molar refractivity (Wildman–Crippen MR) is 83.0 cm³/mol. The van der Waals surface area contributed by atoms with E-state index >= 15 is 0 Å². The molecule has 1 N–H and O–H groups in total. The van der Waals surface area contributed by atoms with Gasteiger partial charge in [-0.1, -0.05) is 17.7 Å². The molecule has 0 radical (unpaired) electrons. The van der Waals surface area contributed by atoms with Crippen molar-refractivity contribution in [2.75, 3.05) is 7.11 Å². The number of rotatable bonds is 3. The number of ether oxygens (including phenoxy) is 1. The van der Waals surface area contributed by atoms with Crippen LogP contribution in [0.3, 0.4) is 0 Å². The molecule has 1 unspecified atom stereocenters. The topological polar surface area (TPSA) is 29.5 Å². The Morgan fingerprint density at radius 3 is 2.75 bits per heavy atom. The fourth-order valence-corrected chi connectivity index (χ4v) is 4.19. The highest BCUT2D eigenvalue weighted by atomic mass is 35.5. The van der Waals surface area contributed by atoms with Crippen molar-refractivity contribution in [2.24, 2.45) is 0 Å². The van der Waals surface area contributed by atoms with Crippen LogP contribution in [0.1, 0.15) is 39.8 Å². The minimum Gasteiger partial charge on any atom is -0.497 e. The smallest absolute Gasteiger partial charge is 0.120 e. The molecule has 0 amide bonds. The highest BCUT2D eigenvalue weighted by Crippen LogP contribution is 2.37. The first-order valence-corrected chi connectivity index (χ1v) is 8.01. The molecular weight excluding hydrogens is 292 g/mol. The summed E-state index contributed by atoms with van der Waals surface area (Å²) in [4.78, 5) is 2.42. The minimum atomic E-state index is -0.649. The third-order valence-corrected chi connectivity index (χ3v) is 5.40. The molecule has 2 aromatic rings. The monoisotopic (exact) mass is 308 g/mol. The van der Waals surface area contributed by atoms with Crippen molar-refractivity contribution in [3.8, 4) is 5.75 Å². The molecule has 3 rings (SSSR count). The summed E-state index contributed by atoms with van der Waals surface area (Å²) in [5.41, 5.74) is 2.14.